The highest BCUT2D eigenvalue weighted by atomic mass is 16.6. The van der Waals surface area contributed by atoms with Gasteiger partial charge in [0.2, 0.25) is 0 Å². The van der Waals surface area contributed by atoms with Crippen LogP contribution in [0.4, 0.5) is 0 Å². The number of carbonyl (C=O) groups is 1. The number of esters is 1. The smallest absolute Gasteiger partial charge is 0.344 e. The van der Waals surface area contributed by atoms with E-state index in [0.717, 1.165) is 0 Å². The molecule has 1 rings (SSSR count). The predicted molar refractivity (Wildman–Crippen MR) is 52.0 cm³/mol. The van der Waals surface area contributed by atoms with Gasteiger partial charge < -0.3 is 15.2 Å². The van der Waals surface area contributed by atoms with E-state index < -0.39 is 5.97 Å². The van der Waals surface area contributed by atoms with E-state index in [1.54, 1.807) is 12.1 Å². The quantitative estimate of drug-likeness (QED) is 0.697. The third-order valence-electron chi connectivity index (χ3n) is 1.48. The Kier molecular flexibility index (Phi) is 4.50. The number of hydrogen-bond donors (Lipinski definition) is 1. The summed E-state index contributed by atoms with van der Waals surface area (Å²) < 4.78 is 9.87. The minimum Gasteiger partial charge on any atom is -0.482 e. The molecule has 0 aliphatic carbocycles. The molecule has 1 aromatic carbocycles. The summed E-state index contributed by atoms with van der Waals surface area (Å²) in [5, 5.41) is 0. The molecule has 1 aromatic rings. The van der Waals surface area contributed by atoms with Gasteiger partial charge >= 0.3 is 5.97 Å². The van der Waals surface area contributed by atoms with Gasteiger partial charge in [-0.15, -0.1) is 0 Å². The molecule has 4 heteroatoms. The maximum Gasteiger partial charge on any atom is 0.344 e. The van der Waals surface area contributed by atoms with Crippen LogP contribution in [0.15, 0.2) is 30.3 Å². The lowest BCUT2D eigenvalue weighted by Crippen LogP contribution is -2.19. The second-order valence-electron chi connectivity index (χ2n) is 2.61. The molecule has 0 saturated heterocycles. The maximum atomic E-state index is 11.0. The van der Waals surface area contributed by atoms with Gasteiger partial charge in [-0.3, -0.25) is 0 Å². The lowest BCUT2D eigenvalue weighted by Gasteiger charge is -2.05. The molecule has 0 aliphatic heterocycles. The molecule has 0 radical (unpaired) electrons. The molecule has 0 unspecified atom stereocenters. The van der Waals surface area contributed by atoms with Crippen LogP contribution in [0, 0.1) is 0 Å². The Morgan fingerprint density at radius 2 is 2.00 bits per heavy atom. The van der Waals surface area contributed by atoms with E-state index in [1.807, 2.05) is 18.2 Å². The lowest BCUT2D eigenvalue weighted by atomic mass is 10.3. The van der Waals surface area contributed by atoms with Crippen molar-refractivity contribution in [1.82, 2.24) is 0 Å². The second-order valence-corrected chi connectivity index (χ2v) is 2.61. The highest BCUT2D eigenvalue weighted by Crippen LogP contribution is 2.07. The summed E-state index contributed by atoms with van der Waals surface area (Å²) in [6.07, 6.45) is 0. The van der Waals surface area contributed by atoms with E-state index >= 15 is 0 Å². The van der Waals surface area contributed by atoms with Crippen molar-refractivity contribution in [2.75, 3.05) is 19.8 Å². The number of hydrogen-bond acceptors (Lipinski definition) is 4. The van der Waals surface area contributed by atoms with Gasteiger partial charge in [-0.2, -0.15) is 0 Å². The third kappa shape index (κ3) is 3.91. The lowest BCUT2D eigenvalue weighted by molar-refractivity contribution is -0.145. The minimum absolute atomic E-state index is 0.0794. The molecular weight excluding hydrogens is 182 g/mol. The zero-order valence-corrected chi connectivity index (χ0v) is 7.81. The normalized spacial score (nSPS) is 9.50. The summed E-state index contributed by atoms with van der Waals surface area (Å²) >= 11 is 0. The largest absolute Gasteiger partial charge is 0.482 e. The Morgan fingerprint density at radius 3 is 2.64 bits per heavy atom. The fourth-order valence-electron chi connectivity index (χ4n) is 0.873. The van der Waals surface area contributed by atoms with Crippen LogP contribution in [0.3, 0.4) is 0 Å². The highest BCUT2D eigenvalue weighted by Gasteiger charge is 2.02. The summed E-state index contributed by atoms with van der Waals surface area (Å²) in [5.41, 5.74) is 5.17. The first-order valence-corrected chi connectivity index (χ1v) is 4.36. The summed E-state index contributed by atoms with van der Waals surface area (Å²) in [5.74, 6) is 0.247. The first-order valence-electron chi connectivity index (χ1n) is 4.36. The Morgan fingerprint density at radius 1 is 1.29 bits per heavy atom. The van der Waals surface area contributed by atoms with Gasteiger partial charge in [0.1, 0.15) is 12.4 Å². The number of benzene rings is 1. The van der Waals surface area contributed by atoms with E-state index in [-0.39, 0.29) is 13.2 Å². The van der Waals surface area contributed by atoms with E-state index in [2.05, 4.69) is 0 Å². The van der Waals surface area contributed by atoms with Crippen molar-refractivity contribution in [1.29, 1.82) is 0 Å². The van der Waals surface area contributed by atoms with Crippen LogP contribution < -0.4 is 10.5 Å². The Hall–Kier alpha value is -1.55. The molecule has 0 amide bonds. The van der Waals surface area contributed by atoms with Crippen molar-refractivity contribution in [3.8, 4) is 5.75 Å². The minimum atomic E-state index is -0.403. The molecule has 0 spiro atoms. The van der Waals surface area contributed by atoms with Gasteiger partial charge in [-0.1, -0.05) is 18.2 Å². The summed E-state index contributed by atoms with van der Waals surface area (Å²) in [4.78, 5) is 11.0. The monoisotopic (exact) mass is 195 g/mol. The molecule has 0 saturated carbocycles. The van der Waals surface area contributed by atoms with E-state index in [0.29, 0.717) is 12.3 Å². The molecule has 0 bridgehead atoms. The fourth-order valence-corrected chi connectivity index (χ4v) is 0.873. The maximum absolute atomic E-state index is 11.0. The van der Waals surface area contributed by atoms with Gasteiger partial charge in [0.15, 0.2) is 6.61 Å². The summed E-state index contributed by atoms with van der Waals surface area (Å²) in [6.45, 7) is 0.484. The van der Waals surface area contributed by atoms with Gasteiger partial charge in [0.25, 0.3) is 0 Å². The molecule has 0 fully saturated rings. The molecule has 4 nitrogen and oxygen atoms in total. The zero-order valence-electron chi connectivity index (χ0n) is 7.81. The van der Waals surface area contributed by atoms with Crippen LogP contribution in [0.25, 0.3) is 0 Å². The first-order chi connectivity index (χ1) is 6.83. The van der Waals surface area contributed by atoms with Crippen LogP contribution >= 0.6 is 0 Å². The van der Waals surface area contributed by atoms with E-state index in [1.165, 1.54) is 0 Å². The molecule has 76 valence electrons. The van der Waals surface area contributed by atoms with E-state index in [4.69, 9.17) is 15.2 Å². The molecule has 14 heavy (non-hydrogen) atoms. The standard InChI is InChI=1S/C10H13NO3/c11-6-7-13-10(12)8-14-9-4-2-1-3-5-9/h1-5H,6-8,11H2. The molecule has 2 N–H and O–H groups in total. The van der Waals surface area contributed by atoms with Crippen molar-refractivity contribution in [2.45, 2.75) is 0 Å². The van der Waals surface area contributed by atoms with Gasteiger partial charge in [-0.05, 0) is 12.1 Å². The Balaban J connectivity index is 2.24. The number of carbonyl (C=O) groups excluding carboxylic acids is 1. The van der Waals surface area contributed by atoms with Crippen LogP contribution in [-0.4, -0.2) is 25.7 Å². The van der Waals surface area contributed by atoms with Crippen LogP contribution in [0.2, 0.25) is 0 Å². The van der Waals surface area contributed by atoms with Crippen molar-refractivity contribution in [3.63, 3.8) is 0 Å². The van der Waals surface area contributed by atoms with Gasteiger partial charge in [0.05, 0.1) is 0 Å². The highest BCUT2D eigenvalue weighted by molar-refractivity contribution is 5.71. The van der Waals surface area contributed by atoms with Crippen LogP contribution in [-0.2, 0) is 9.53 Å². The fraction of sp³-hybridized carbons (Fsp3) is 0.300. The number of para-hydroxylation sites is 1. The van der Waals surface area contributed by atoms with E-state index in [9.17, 15) is 4.79 Å². The zero-order chi connectivity index (χ0) is 10.2. The number of rotatable bonds is 5. The van der Waals surface area contributed by atoms with Crippen molar-refractivity contribution in [2.24, 2.45) is 5.73 Å². The SMILES string of the molecule is NCCOC(=O)COc1ccccc1. The molecule has 0 aliphatic rings. The van der Waals surface area contributed by atoms with Crippen LogP contribution in [0.5, 0.6) is 5.75 Å². The third-order valence-corrected chi connectivity index (χ3v) is 1.48. The van der Waals surface area contributed by atoms with Crippen molar-refractivity contribution >= 4 is 5.97 Å². The Labute approximate surface area is 82.6 Å². The average Bonchev–Trinajstić information content (AvgIpc) is 2.25. The van der Waals surface area contributed by atoms with Crippen molar-refractivity contribution in [3.05, 3.63) is 30.3 Å². The van der Waals surface area contributed by atoms with Crippen molar-refractivity contribution < 1.29 is 14.3 Å². The average molecular weight is 195 g/mol. The number of ether oxygens (including phenoxy) is 2. The van der Waals surface area contributed by atoms with Gasteiger partial charge in [0, 0.05) is 6.54 Å². The first kappa shape index (κ1) is 10.5. The van der Waals surface area contributed by atoms with Gasteiger partial charge in [-0.25, -0.2) is 4.79 Å². The number of nitrogens with two attached hydrogens (primary N) is 1. The molecule has 0 aromatic heterocycles. The molecule has 0 heterocycles. The molecule has 0 atom stereocenters. The summed E-state index contributed by atoms with van der Waals surface area (Å²) in [6, 6.07) is 9.09. The summed E-state index contributed by atoms with van der Waals surface area (Å²) in [7, 11) is 0. The Bertz CT molecular complexity index is 274. The predicted octanol–water partition coefficient (Wildman–Crippen LogP) is 0.567. The molecular formula is C10H13NO3. The van der Waals surface area contributed by atoms with Crippen LogP contribution in [0.1, 0.15) is 0 Å². The topological polar surface area (TPSA) is 61.5 Å². The second kappa shape index (κ2) is 5.99.